The summed E-state index contributed by atoms with van der Waals surface area (Å²) in [5.74, 6) is 0.247. The number of anilines is 2. The summed E-state index contributed by atoms with van der Waals surface area (Å²) in [6.45, 7) is 8.05. The smallest absolute Gasteiger partial charge is 0.254 e. The van der Waals surface area contributed by atoms with Crippen LogP contribution in [-0.4, -0.2) is 22.4 Å². The highest BCUT2D eigenvalue weighted by molar-refractivity contribution is 5.93. The zero-order valence-corrected chi connectivity index (χ0v) is 12.2. The molecule has 0 atom stereocenters. The highest BCUT2D eigenvalue weighted by Gasteiger charge is 2.07. The third-order valence-electron chi connectivity index (χ3n) is 3.17. The SMILES string of the molecule is C=CCNC(=O)c1cnc(Nc2cccc(C)c2C)nc1. The van der Waals surface area contributed by atoms with Crippen LogP contribution >= 0.6 is 0 Å². The van der Waals surface area contributed by atoms with Crippen LogP contribution in [0.1, 0.15) is 21.5 Å². The van der Waals surface area contributed by atoms with Crippen molar-refractivity contribution in [3.05, 3.63) is 59.9 Å². The summed E-state index contributed by atoms with van der Waals surface area (Å²) in [6.07, 6.45) is 4.62. The van der Waals surface area contributed by atoms with E-state index >= 15 is 0 Å². The Labute approximate surface area is 124 Å². The molecule has 0 aliphatic rings. The average Bonchev–Trinajstić information content (AvgIpc) is 2.50. The Balaban J connectivity index is 2.10. The molecule has 108 valence electrons. The molecule has 2 N–H and O–H groups in total. The summed E-state index contributed by atoms with van der Waals surface area (Å²) in [5, 5.41) is 5.83. The molecule has 1 aromatic carbocycles. The lowest BCUT2D eigenvalue weighted by molar-refractivity contribution is 0.0957. The van der Waals surface area contributed by atoms with E-state index in [1.54, 1.807) is 6.08 Å². The van der Waals surface area contributed by atoms with Crippen molar-refractivity contribution in [2.24, 2.45) is 0 Å². The van der Waals surface area contributed by atoms with E-state index in [1.807, 2.05) is 19.1 Å². The van der Waals surface area contributed by atoms with Crippen LogP contribution in [0.25, 0.3) is 0 Å². The molecule has 0 unspecified atom stereocenters. The Morgan fingerprint density at radius 2 is 2.00 bits per heavy atom. The van der Waals surface area contributed by atoms with Crippen molar-refractivity contribution in [2.45, 2.75) is 13.8 Å². The summed E-state index contributed by atoms with van der Waals surface area (Å²) in [5.41, 5.74) is 3.72. The van der Waals surface area contributed by atoms with Crippen molar-refractivity contribution >= 4 is 17.5 Å². The number of nitrogens with zero attached hydrogens (tertiary/aromatic N) is 2. The lowest BCUT2D eigenvalue weighted by Crippen LogP contribution is -2.23. The quantitative estimate of drug-likeness (QED) is 0.827. The Morgan fingerprint density at radius 1 is 1.29 bits per heavy atom. The van der Waals surface area contributed by atoms with Crippen molar-refractivity contribution in [3.63, 3.8) is 0 Å². The number of hydrogen-bond donors (Lipinski definition) is 2. The fraction of sp³-hybridized carbons (Fsp3) is 0.188. The van der Waals surface area contributed by atoms with E-state index in [0.29, 0.717) is 18.1 Å². The molecule has 0 saturated carbocycles. The number of carbonyl (C=O) groups is 1. The average molecular weight is 282 g/mol. The van der Waals surface area contributed by atoms with Gasteiger partial charge in [-0.1, -0.05) is 18.2 Å². The van der Waals surface area contributed by atoms with E-state index in [1.165, 1.54) is 18.0 Å². The normalized spacial score (nSPS) is 10.0. The first-order chi connectivity index (χ1) is 10.1. The van der Waals surface area contributed by atoms with E-state index in [2.05, 4.69) is 40.2 Å². The summed E-state index contributed by atoms with van der Waals surface area (Å²) in [7, 11) is 0. The molecular formula is C16H18N4O. The second kappa shape index (κ2) is 6.65. The van der Waals surface area contributed by atoms with Gasteiger partial charge in [0.25, 0.3) is 5.91 Å². The van der Waals surface area contributed by atoms with Crippen molar-refractivity contribution in [3.8, 4) is 0 Å². The first kappa shape index (κ1) is 14.7. The van der Waals surface area contributed by atoms with E-state index in [4.69, 9.17) is 0 Å². The second-order valence-electron chi connectivity index (χ2n) is 4.67. The maximum atomic E-state index is 11.7. The highest BCUT2D eigenvalue weighted by Crippen LogP contribution is 2.20. The number of nitrogens with one attached hydrogen (secondary N) is 2. The number of benzene rings is 1. The summed E-state index contributed by atoms with van der Waals surface area (Å²) in [6, 6.07) is 5.99. The molecule has 5 nitrogen and oxygen atoms in total. The largest absolute Gasteiger partial charge is 0.348 e. The van der Waals surface area contributed by atoms with Gasteiger partial charge in [-0.25, -0.2) is 9.97 Å². The van der Waals surface area contributed by atoms with Gasteiger partial charge >= 0.3 is 0 Å². The van der Waals surface area contributed by atoms with Crippen LogP contribution in [0.5, 0.6) is 0 Å². The summed E-state index contributed by atoms with van der Waals surface area (Å²) < 4.78 is 0. The number of aryl methyl sites for hydroxylation is 1. The fourth-order valence-electron chi connectivity index (χ4n) is 1.78. The van der Waals surface area contributed by atoms with Crippen molar-refractivity contribution in [1.82, 2.24) is 15.3 Å². The van der Waals surface area contributed by atoms with Crippen molar-refractivity contribution < 1.29 is 4.79 Å². The molecule has 0 spiro atoms. The molecule has 1 amide bonds. The first-order valence-corrected chi connectivity index (χ1v) is 6.66. The predicted octanol–water partition coefficient (Wildman–Crippen LogP) is 2.75. The lowest BCUT2D eigenvalue weighted by atomic mass is 10.1. The van der Waals surface area contributed by atoms with Gasteiger partial charge in [-0.15, -0.1) is 6.58 Å². The number of carbonyl (C=O) groups excluding carboxylic acids is 1. The molecule has 5 heteroatoms. The van der Waals surface area contributed by atoms with Gasteiger partial charge in [0.05, 0.1) is 5.56 Å². The Bertz CT molecular complexity index is 650. The van der Waals surface area contributed by atoms with Gasteiger partial charge < -0.3 is 10.6 Å². The van der Waals surface area contributed by atoms with Gasteiger partial charge in [-0.3, -0.25) is 4.79 Å². The van der Waals surface area contributed by atoms with Gasteiger partial charge in [-0.2, -0.15) is 0 Å². The first-order valence-electron chi connectivity index (χ1n) is 6.66. The van der Waals surface area contributed by atoms with E-state index in [0.717, 1.165) is 11.3 Å². The molecule has 0 aliphatic heterocycles. The molecule has 0 saturated heterocycles. The van der Waals surface area contributed by atoms with Crippen molar-refractivity contribution in [1.29, 1.82) is 0 Å². The molecule has 0 aliphatic carbocycles. The molecule has 1 heterocycles. The molecule has 2 rings (SSSR count). The minimum atomic E-state index is -0.215. The van der Waals surface area contributed by atoms with Gasteiger partial charge in [0, 0.05) is 24.6 Å². The van der Waals surface area contributed by atoms with Crippen LogP contribution in [0.3, 0.4) is 0 Å². The maximum Gasteiger partial charge on any atom is 0.254 e. The fourth-order valence-corrected chi connectivity index (χ4v) is 1.78. The molecular weight excluding hydrogens is 264 g/mol. The summed E-state index contributed by atoms with van der Waals surface area (Å²) in [4.78, 5) is 20.0. The highest BCUT2D eigenvalue weighted by atomic mass is 16.1. The third-order valence-corrected chi connectivity index (χ3v) is 3.17. The third kappa shape index (κ3) is 3.66. The molecule has 0 fully saturated rings. The minimum absolute atomic E-state index is 0.215. The minimum Gasteiger partial charge on any atom is -0.348 e. The topological polar surface area (TPSA) is 66.9 Å². The molecule has 2 aromatic rings. The van der Waals surface area contributed by atoms with Crippen LogP contribution in [0, 0.1) is 13.8 Å². The second-order valence-corrected chi connectivity index (χ2v) is 4.67. The summed E-state index contributed by atoms with van der Waals surface area (Å²) >= 11 is 0. The Hall–Kier alpha value is -2.69. The van der Waals surface area contributed by atoms with E-state index < -0.39 is 0 Å². The van der Waals surface area contributed by atoms with Crippen LogP contribution in [0.4, 0.5) is 11.6 Å². The van der Waals surface area contributed by atoms with Gasteiger partial charge in [0.1, 0.15) is 0 Å². The number of hydrogen-bond acceptors (Lipinski definition) is 4. The molecule has 1 aromatic heterocycles. The number of amides is 1. The van der Waals surface area contributed by atoms with Crippen LogP contribution in [-0.2, 0) is 0 Å². The predicted molar refractivity (Wildman–Crippen MR) is 83.8 cm³/mol. The zero-order valence-electron chi connectivity index (χ0n) is 12.2. The zero-order chi connectivity index (χ0) is 15.2. The number of aromatic nitrogens is 2. The van der Waals surface area contributed by atoms with E-state index in [9.17, 15) is 4.79 Å². The van der Waals surface area contributed by atoms with Crippen molar-refractivity contribution in [2.75, 3.05) is 11.9 Å². The lowest BCUT2D eigenvalue weighted by Gasteiger charge is -2.10. The number of rotatable bonds is 5. The van der Waals surface area contributed by atoms with Crippen LogP contribution < -0.4 is 10.6 Å². The van der Waals surface area contributed by atoms with Crippen LogP contribution in [0.2, 0.25) is 0 Å². The standard InChI is InChI=1S/C16H18N4O/c1-4-8-17-15(21)13-9-18-16(19-10-13)20-14-7-5-6-11(2)12(14)3/h4-7,9-10H,1,8H2,2-3H3,(H,17,21)(H,18,19,20). The molecule has 0 bridgehead atoms. The molecule has 0 radical (unpaired) electrons. The van der Waals surface area contributed by atoms with Gasteiger partial charge in [-0.05, 0) is 31.0 Å². The monoisotopic (exact) mass is 282 g/mol. The maximum absolute atomic E-state index is 11.7. The van der Waals surface area contributed by atoms with Crippen LogP contribution in [0.15, 0.2) is 43.2 Å². The van der Waals surface area contributed by atoms with Gasteiger partial charge in [0.2, 0.25) is 5.95 Å². The van der Waals surface area contributed by atoms with Gasteiger partial charge in [0.15, 0.2) is 0 Å². The molecule has 21 heavy (non-hydrogen) atoms. The van der Waals surface area contributed by atoms with E-state index in [-0.39, 0.29) is 5.91 Å². The Morgan fingerprint density at radius 3 is 2.67 bits per heavy atom. The Kier molecular flexibility index (Phi) is 4.66.